The summed E-state index contributed by atoms with van der Waals surface area (Å²) in [6.07, 6.45) is 0.775. The van der Waals surface area contributed by atoms with E-state index >= 15 is 0 Å². The van der Waals surface area contributed by atoms with E-state index in [4.69, 9.17) is 4.74 Å². The Hall–Kier alpha value is -0.770. The number of likely N-dealkylation sites (tertiary alicyclic amines) is 1. The number of hydrogen-bond acceptors (Lipinski definition) is 3. The van der Waals surface area contributed by atoms with Gasteiger partial charge in [-0.15, -0.1) is 0 Å². The average Bonchev–Trinajstić information content (AvgIpc) is 2.02. The molecule has 0 aliphatic carbocycles. The van der Waals surface area contributed by atoms with Crippen LogP contribution in [0.4, 0.5) is 4.79 Å². The lowest BCUT2D eigenvalue weighted by Crippen LogP contribution is -2.42. The van der Waals surface area contributed by atoms with Crippen molar-refractivity contribution in [1.82, 2.24) is 4.90 Å². The van der Waals surface area contributed by atoms with Crippen LogP contribution in [0.1, 0.15) is 33.6 Å². The van der Waals surface area contributed by atoms with Crippen LogP contribution in [-0.2, 0) is 4.74 Å². The number of rotatable bonds is 0. The predicted octanol–water partition coefficient (Wildman–Crippen LogP) is 1.38. The molecule has 1 unspecified atom stereocenters. The summed E-state index contributed by atoms with van der Waals surface area (Å²) in [6.45, 7) is 6.74. The summed E-state index contributed by atoms with van der Waals surface area (Å²) in [4.78, 5) is 13.2. The zero-order valence-corrected chi connectivity index (χ0v) is 9.12. The number of nitrogens with zero attached hydrogens (tertiary/aromatic N) is 1. The molecule has 0 radical (unpaired) electrons. The first-order valence-electron chi connectivity index (χ1n) is 5.04. The number of piperidine rings is 1. The van der Waals surface area contributed by atoms with Gasteiger partial charge in [-0.25, -0.2) is 4.79 Å². The smallest absolute Gasteiger partial charge is 0.410 e. The van der Waals surface area contributed by atoms with E-state index in [9.17, 15) is 9.90 Å². The van der Waals surface area contributed by atoms with Crippen molar-refractivity contribution in [2.24, 2.45) is 0 Å². The van der Waals surface area contributed by atoms with Gasteiger partial charge in [-0.05, 0) is 33.6 Å². The first-order valence-corrected chi connectivity index (χ1v) is 5.04. The second-order valence-corrected chi connectivity index (χ2v) is 4.70. The van der Waals surface area contributed by atoms with E-state index in [-0.39, 0.29) is 12.2 Å². The first kappa shape index (κ1) is 11.3. The van der Waals surface area contributed by atoms with Gasteiger partial charge in [0.2, 0.25) is 0 Å². The van der Waals surface area contributed by atoms with E-state index in [0.29, 0.717) is 25.9 Å². The van der Waals surface area contributed by atoms with Gasteiger partial charge in [0, 0.05) is 13.1 Å². The molecule has 1 aliphatic heterocycles. The fraction of sp³-hybridized carbons (Fsp3) is 0.900. The van der Waals surface area contributed by atoms with Crippen molar-refractivity contribution in [3.05, 3.63) is 0 Å². The highest BCUT2D eigenvalue weighted by atomic mass is 16.6. The van der Waals surface area contributed by atoms with Crippen LogP contribution in [0.15, 0.2) is 0 Å². The van der Waals surface area contributed by atoms with Crippen molar-refractivity contribution in [2.75, 3.05) is 13.1 Å². The minimum atomic E-state index is -0.437. The molecule has 1 fully saturated rings. The summed E-state index contributed by atoms with van der Waals surface area (Å²) >= 11 is 0. The van der Waals surface area contributed by atoms with E-state index in [0.717, 1.165) is 0 Å². The zero-order valence-electron chi connectivity index (χ0n) is 9.12. The Morgan fingerprint density at radius 2 is 2.21 bits per heavy atom. The van der Waals surface area contributed by atoms with Crippen LogP contribution in [-0.4, -0.2) is 40.9 Å². The number of ether oxygens (including phenoxy) is 1. The lowest BCUT2D eigenvalue weighted by Gasteiger charge is -2.31. The van der Waals surface area contributed by atoms with Gasteiger partial charge in [0.15, 0.2) is 0 Å². The molecule has 1 atom stereocenters. The SMILES string of the molecule is CC(C)(C)OC(=O)N1CCC(O)C[14CH2]1. The number of aliphatic hydroxyl groups excluding tert-OH is 1. The van der Waals surface area contributed by atoms with Gasteiger partial charge in [-0.2, -0.15) is 0 Å². The molecule has 4 nitrogen and oxygen atoms in total. The van der Waals surface area contributed by atoms with E-state index in [1.807, 2.05) is 20.8 Å². The van der Waals surface area contributed by atoms with Crippen molar-refractivity contribution in [3.63, 3.8) is 0 Å². The highest BCUT2D eigenvalue weighted by Crippen LogP contribution is 2.14. The van der Waals surface area contributed by atoms with Crippen LogP contribution in [0, 0.1) is 0 Å². The summed E-state index contributed by atoms with van der Waals surface area (Å²) in [5, 5.41) is 9.26. The predicted molar refractivity (Wildman–Crippen MR) is 53.0 cm³/mol. The van der Waals surface area contributed by atoms with Gasteiger partial charge < -0.3 is 14.7 Å². The first-order chi connectivity index (χ1) is 6.38. The maximum absolute atomic E-state index is 11.5. The van der Waals surface area contributed by atoms with Crippen LogP contribution in [0.5, 0.6) is 0 Å². The Balaban J connectivity index is 2.38. The van der Waals surface area contributed by atoms with E-state index < -0.39 is 5.60 Å². The monoisotopic (exact) mass is 203 g/mol. The van der Waals surface area contributed by atoms with Crippen LogP contribution in [0.2, 0.25) is 0 Å². The number of carbonyl (C=O) groups excluding carboxylic acids is 1. The van der Waals surface area contributed by atoms with Gasteiger partial charge in [-0.3, -0.25) is 0 Å². The largest absolute Gasteiger partial charge is 0.444 e. The maximum Gasteiger partial charge on any atom is 0.410 e. The molecule has 1 amide bonds. The fourth-order valence-corrected chi connectivity index (χ4v) is 1.37. The molecule has 1 saturated heterocycles. The van der Waals surface area contributed by atoms with Gasteiger partial charge in [0.05, 0.1) is 6.10 Å². The van der Waals surface area contributed by atoms with Crippen LogP contribution in [0.3, 0.4) is 0 Å². The van der Waals surface area contributed by atoms with Crippen LogP contribution < -0.4 is 0 Å². The van der Waals surface area contributed by atoms with Crippen molar-refractivity contribution < 1.29 is 14.6 Å². The van der Waals surface area contributed by atoms with Gasteiger partial charge in [-0.1, -0.05) is 0 Å². The fourth-order valence-electron chi connectivity index (χ4n) is 1.37. The number of carbonyl (C=O) groups is 1. The molecule has 0 saturated carbocycles. The third-order valence-electron chi connectivity index (χ3n) is 2.12. The van der Waals surface area contributed by atoms with E-state index in [1.165, 1.54) is 0 Å². The van der Waals surface area contributed by atoms with Gasteiger partial charge in [0.1, 0.15) is 5.60 Å². The minimum Gasteiger partial charge on any atom is -0.444 e. The second kappa shape index (κ2) is 4.17. The van der Waals surface area contributed by atoms with Crippen molar-refractivity contribution in [3.8, 4) is 0 Å². The highest BCUT2D eigenvalue weighted by molar-refractivity contribution is 5.68. The Morgan fingerprint density at radius 1 is 1.57 bits per heavy atom. The molecule has 1 aliphatic rings. The number of hydrogen-bond donors (Lipinski definition) is 1. The summed E-state index contributed by atoms with van der Waals surface area (Å²) < 4.78 is 5.22. The topological polar surface area (TPSA) is 49.8 Å². The quantitative estimate of drug-likeness (QED) is 0.647. The maximum atomic E-state index is 11.5. The third-order valence-corrected chi connectivity index (χ3v) is 2.12. The second-order valence-electron chi connectivity index (χ2n) is 4.70. The van der Waals surface area contributed by atoms with Gasteiger partial charge in [0.25, 0.3) is 0 Å². The van der Waals surface area contributed by atoms with E-state index in [1.54, 1.807) is 4.90 Å². The highest BCUT2D eigenvalue weighted by Gasteiger charge is 2.25. The van der Waals surface area contributed by atoms with Crippen molar-refractivity contribution in [1.29, 1.82) is 0 Å². The van der Waals surface area contributed by atoms with Crippen molar-refractivity contribution >= 4 is 6.09 Å². The minimum absolute atomic E-state index is 0.256. The lowest BCUT2D eigenvalue weighted by atomic mass is 10.2. The number of aliphatic hydroxyl groups is 1. The molecular formula is C10H19NO3. The molecule has 0 spiro atoms. The summed E-state index contributed by atoms with van der Waals surface area (Å²) in [7, 11) is 0. The van der Waals surface area contributed by atoms with E-state index in [2.05, 4.69) is 0 Å². The average molecular weight is 203 g/mol. The molecule has 4 heteroatoms. The summed E-state index contributed by atoms with van der Waals surface area (Å²) in [6, 6.07) is 0. The Labute approximate surface area is 84.8 Å². The van der Waals surface area contributed by atoms with Gasteiger partial charge >= 0.3 is 6.09 Å². The molecule has 14 heavy (non-hydrogen) atoms. The summed E-state index contributed by atoms with van der Waals surface area (Å²) in [5.41, 5.74) is -0.437. The Bertz CT molecular complexity index is 202. The van der Waals surface area contributed by atoms with Crippen LogP contribution >= 0.6 is 0 Å². The molecule has 1 N–H and O–H groups in total. The molecule has 1 heterocycles. The summed E-state index contributed by atoms with van der Waals surface area (Å²) in [5.74, 6) is 0. The molecule has 0 aromatic carbocycles. The zero-order chi connectivity index (χ0) is 10.8. The molecule has 1 rings (SSSR count). The molecule has 82 valence electrons. The number of amides is 1. The lowest BCUT2D eigenvalue weighted by molar-refractivity contribution is 0.0101. The van der Waals surface area contributed by atoms with Crippen LogP contribution in [0.25, 0.3) is 0 Å². The standard InChI is InChI=1S/C10H19NO3/c1-10(2,3)14-9(13)11-6-4-8(12)5-7-11/h8,12H,4-7H2,1-3H3/i6+2. The molecule has 0 bridgehead atoms. The molecular weight excluding hydrogens is 184 g/mol. The molecule has 0 aromatic rings. The Morgan fingerprint density at radius 3 is 2.64 bits per heavy atom. The third kappa shape index (κ3) is 3.54. The molecule has 0 aromatic heterocycles. The van der Waals surface area contributed by atoms with Crippen molar-refractivity contribution in [2.45, 2.75) is 45.3 Å². The Kier molecular flexibility index (Phi) is 3.37. The normalized spacial score (nSPS) is 23.4.